The lowest BCUT2D eigenvalue weighted by atomic mass is 10.1. The fourth-order valence-electron chi connectivity index (χ4n) is 1.17. The third kappa shape index (κ3) is 3.46. The van der Waals surface area contributed by atoms with Crippen LogP contribution >= 0.6 is 0 Å². The number of hydrogen-bond acceptors (Lipinski definition) is 3. The highest BCUT2D eigenvalue weighted by atomic mass is 16.5. The molecular weight excluding hydrogens is 192 g/mol. The second-order valence-electron chi connectivity index (χ2n) is 3.22. The van der Waals surface area contributed by atoms with Crippen molar-refractivity contribution in [3.05, 3.63) is 35.4 Å². The van der Waals surface area contributed by atoms with E-state index in [1.54, 1.807) is 24.3 Å². The third-order valence-electron chi connectivity index (χ3n) is 2.07. The van der Waals surface area contributed by atoms with E-state index in [2.05, 4.69) is 4.74 Å². The van der Waals surface area contributed by atoms with Gasteiger partial charge < -0.3 is 9.84 Å². The van der Waals surface area contributed by atoms with Crippen molar-refractivity contribution in [1.29, 1.82) is 0 Å². The monoisotopic (exact) mass is 206 g/mol. The van der Waals surface area contributed by atoms with E-state index in [1.165, 1.54) is 7.11 Å². The van der Waals surface area contributed by atoms with E-state index in [0.717, 1.165) is 11.1 Å². The van der Waals surface area contributed by atoms with Crippen molar-refractivity contribution in [2.24, 2.45) is 0 Å². The minimum atomic E-state index is -0.274. The highest BCUT2D eigenvalue weighted by Crippen LogP contribution is 2.17. The molecule has 0 aliphatic carbocycles. The standard InChI is InChI=1S/C12H14O3/c1-9-6-7-11(13)8-10(9)4-3-5-12(14)15-2/h3-4,6-8,13H,5H2,1-2H3. The van der Waals surface area contributed by atoms with Gasteiger partial charge in [-0.15, -0.1) is 0 Å². The molecule has 0 aromatic heterocycles. The number of methoxy groups -OCH3 is 1. The molecule has 0 amide bonds. The molecule has 0 aliphatic heterocycles. The number of hydrogen-bond donors (Lipinski definition) is 1. The van der Waals surface area contributed by atoms with E-state index in [1.807, 2.05) is 13.0 Å². The summed E-state index contributed by atoms with van der Waals surface area (Å²) in [6.07, 6.45) is 3.76. The molecule has 0 saturated carbocycles. The number of carbonyl (C=O) groups excluding carboxylic acids is 1. The summed E-state index contributed by atoms with van der Waals surface area (Å²) in [6.45, 7) is 1.94. The third-order valence-corrected chi connectivity index (χ3v) is 2.07. The lowest BCUT2D eigenvalue weighted by molar-refractivity contribution is -0.139. The molecular formula is C12H14O3. The Kier molecular flexibility index (Phi) is 3.92. The molecule has 0 bridgehead atoms. The molecule has 1 aromatic rings. The molecule has 0 heterocycles. The molecule has 15 heavy (non-hydrogen) atoms. The van der Waals surface area contributed by atoms with Crippen molar-refractivity contribution in [2.45, 2.75) is 13.3 Å². The summed E-state index contributed by atoms with van der Waals surface area (Å²) >= 11 is 0. The number of esters is 1. The predicted octanol–water partition coefficient (Wildman–Crippen LogP) is 2.28. The number of benzene rings is 1. The molecule has 80 valence electrons. The molecule has 1 aromatic carbocycles. The molecule has 0 saturated heterocycles. The van der Waals surface area contributed by atoms with Gasteiger partial charge in [0.25, 0.3) is 0 Å². The van der Waals surface area contributed by atoms with E-state index >= 15 is 0 Å². The first-order valence-electron chi connectivity index (χ1n) is 4.66. The fourth-order valence-corrected chi connectivity index (χ4v) is 1.17. The SMILES string of the molecule is COC(=O)CC=Cc1cc(O)ccc1C. The summed E-state index contributed by atoms with van der Waals surface area (Å²) in [5.41, 5.74) is 1.95. The Hall–Kier alpha value is -1.77. The van der Waals surface area contributed by atoms with Crippen molar-refractivity contribution in [3.8, 4) is 5.75 Å². The molecule has 0 unspecified atom stereocenters. The molecule has 0 fully saturated rings. The van der Waals surface area contributed by atoms with Gasteiger partial charge in [0.1, 0.15) is 5.75 Å². The maximum absolute atomic E-state index is 10.8. The van der Waals surface area contributed by atoms with Crippen LogP contribution in [0.2, 0.25) is 0 Å². The van der Waals surface area contributed by atoms with E-state index in [0.29, 0.717) is 0 Å². The highest BCUT2D eigenvalue weighted by molar-refractivity contribution is 5.72. The Morgan fingerprint density at radius 2 is 2.27 bits per heavy atom. The van der Waals surface area contributed by atoms with Gasteiger partial charge in [-0.2, -0.15) is 0 Å². The fraction of sp³-hybridized carbons (Fsp3) is 0.250. The zero-order valence-corrected chi connectivity index (χ0v) is 8.86. The molecule has 0 radical (unpaired) electrons. The van der Waals surface area contributed by atoms with E-state index in [-0.39, 0.29) is 18.1 Å². The smallest absolute Gasteiger partial charge is 0.309 e. The van der Waals surface area contributed by atoms with Crippen LogP contribution in [0.25, 0.3) is 6.08 Å². The topological polar surface area (TPSA) is 46.5 Å². The van der Waals surface area contributed by atoms with Crippen LogP contribution in [-0.4, -0.2) is 18.2 Å². The van der Waals surface area contributed by atoms with Gasteiger partial charge in [-0.25, -0.2) is 0 Å². The summed E-state index contributed by atoms with van der Waals surface area (Å²) in [5, 5.41) is 9.27. The van der Waals surface area contributed by atoms with Crippen LogP contribution in [0.1, 0.15) is 17.5 Å². The maximum Gasteiger partial charge on any atom is 0.309 e. The predicted molar refractivity (Wildman–Crippen MR) is 58.5 cm³/mol. The first-order chi connectivity index (χ1) is 7.13. The molecule has 3 heteroatoms. The van der Waals surface area contributed by atoms with E-state index < -0.39 is 0 Å². The molecule has 1 rings (SSSR count). The number of ether oxygens (including phenoxy) is 1. The van der Waals surface area contributed by atoms with Crippen LogP contribution in [0.15, 0.2) is 24.3 Å². The van der Waals surface area contributed by atoms with Crippen LogP contribution in [0, 0.1) is 6.92 Å². The van der Waals surface area contributed by atoms with Crippen LogP contribution in [0.3, 0.4) is 0 Å². The van der Waals surface area contributed by atoms with Crippen molar-refractivity contribution in [2.75, 3.05) is 7.11 Å². The number of aryl methyl sites for hydroxylation is 1. The quantitative estimate of drug-likeness (QED) is 0.772. The van der Waals surface area contributed by atoms with Gasteiger partial charge in [0.2, 0.25) is 0 Å². The van der Waals surface area contributed by atoms with Crippen molar-refractivity contribution < 1.29 is 14.6 Å². The van der Waals surface area contributed by atoms with Gasteiger partial charge >= 0.3 is 5.97 Å². The Morgan fingerprint density at radius 3 is 2.93 bits per heavy atom. The van der Waals surface area contributed by atoms with Crippen LogP contribution < -0.4 is 0 Å². The summed E-state index contributed by atoms with van der Waals surface area (Å²) in [4.78, 5) is 10.8. The minimum absolute atomic E-state index is 0.221. The molecule has 0 spiro atoms. The molecule has 0 aliphatic rings. The van der Waals surface area contributed by atoms with Gasteiger partial charge in [-0.3, -0.25) is 4.79 Å². The van der Waals surface area contributed by atoms with E-state index in [4.69, 9.17) is 0 Å². The second-order valence-corrected chi connectivity index (χ2v) is 3.22. The Balaban J connectivity index is 2.71. The van der Waals surface area contributed by atoms with Gasteiger partial charge in [-0.1, -0.05) is 18.2 Å². The minimum Gasteiger partial charge on any atom is -0.508 e. The summed E-state index contributed by atoms with van der Waals surface area (Å²) in [5.74, 6) is -0.0534. The number of phenolic OH excluding ortho intramolecular Hbond substituents is 1. The zero-order chi connectivity index (χ0) is 11.3. The largest absolute Gasteiger partial charge is 0.508 e. The van der Waals surface area contributed by atoms with Gasteiger partial charge in [0.15, 0.2) is 0 Å². The first-order valence-corrected chi connectivity index (χ1v) is 4.66. The summed E-state index contributed by atoms with van der Waals surface area (Å²) in [6, 6.07) is 5.11. The average molecular weight is 206 g/mol. The molecule has 1 N–H and O–H groups in total. The number of phenols is 1. The van der Waals surface area contributed by atoms with Crippen LogP contribution in [0.5, 0.6) is 5.75 Å². The lowest BCUT2D eigenvalue weighted by Crippen LogP contribution is -1.96. The zero-order valence-electron chi connectivity index (χ0n) is 8.86. The Labute approximate surface area is 89.0 Å². The average Bonchev–Trinajstić information content (AvgIpc) is 2.23. The number of carbonyl (C=O) groups is 1. The van der Waals surface area contributed by atoms with Gasteiger partial charge in [0, 0.05) is 0 Å². The highest BCUT2D eigenvalue weighted by Gasteiger charge is 1.97. The molecule has 3 nitrogen and oxygen atoms in total. The van der Waals surface area contributed by atoms with Crippen LogP contribution in [-0.2, 0) is 9.53 Å². The van der Waals surface area contributed by atoms with Crippen molar-refractivity contribution in [3.63, 3.8) is 0 Å². The van der Waals surface area contributed by atoms with Crippen molar-refractivity contribution >= 4 is 12.0 Å². The first kappa shape index (κ1) is 11.3. The van der Waals surface area contributed by atoms with Crippen molar-refractivity contribution in [1.82, 2.24) is 0 Å². The Morgan fingerprint density at radius 1 is 1.53 bits per heavy atom. The number of aromatic hydroxyl groups is 1. The van der Waals surface area contributed by atoms with Gasteiger partial charge in [-0.05, 0) is 30.2 Å². The lowest BCUT2D eigenvalue weighted by Gasteiger charge is -2.00. The summed E-state index contributed by atoms with van der Waals surface area (Å²) < 4.78 is 4.50. The molecule has 0 atom stereocenters. The maximum atomic E-state index is 10.8. The summed E-state index contributed by atoms with van der Waals surface area (Å²) in [7, 11) is 1.36. The Bertz CT molecular complexity index is 380. The van der Waals surface area contributed by atoms with E-state index in [9.17, 15) is 9.90 Å². The van der Waals surface area contributed by atoms with Gasteiger partial charge in [0.05, 0.1) is 13.5 Å². The van der Waals surface area contributed by atoms with Crippen LogP contribution in [0.4, 0.5) is 0 Å². The second kappa shape index (κ2) is 5.20. The normalized spacial score (nSPS) is 10.5. The number of rotatable bonds is 3.